The fraction of sp³-hybridized carbons (Fsp3) is 0.533. The molecule has 22 heavy (non-hydrogen) atoms. The molecule has 0 heterocycles. The molecule has 0 aliphatic heterocycles. The van der Waals surface area contributed by atoms with E-state index in [9.17, 15) is 0 Å². The summed E-state index contributed by atoms with van der Waals surface area (Å²) in [7, 11) is 3.35. The fourth-order valence-electron chi connectivity index (χ4n) is 1.72. The molecule has 7 heteroatoms. The van der Waals surface area contributed by atoms with Crippen LogP contribution in [0.25, 0.3) is 0 Å². The summed E-state index contributed by atoms with van der Waals surface area (Å²) in [5.74, 6) is 2.10. The van der Waals surface area contributed by atoms with E-state index in [-0.39, 0.29) is 24.0 Å². The van der Waals surface area contributed by atoms with Crippen LogP contribution in [-0.2, 0) is 4.74 Å². The van der Waals surface area contributed by atoms with Crippen LogP contribution in [0.1, 0.15) is 13.8 Å². The Morgan fingerprint density at radius 2 is 1.95 bits per heavy atom. The Labute approximate surface area is 149 Å². The number of methoxy groups -OCH3 is 1. The van der Waals surface area contributed by atoms with Crippen LogP contribution in [0, 0.1) is 0 Å². The summed E-state index contributed by atoms with van der Waals surface area (Å²) in [6.07, 6.45) is 0. The van der Waals surface area contributed by atoms with Crippen molar-refractivity contribution in [2.75, 3.05) is 45.8 Å². The van der Waals surface area contributed by atoms with Crippen LogP contribution in [0.2, 0.25) is 0 Å². The maximum atomic E-state index is 5.55. The van der Waals surface area contributed by atoms with Crippen LogP contribution < -0.4 is 20.1 Å². The van der Waals surface area contributed by atoms with Gasteiger partial charge in [0.25, 0.3) is 0 Å². The minimum absolute atomic E-state index is 0. The molecule has 0 saturated heterocycles. The molecule has 0 amide bonds. The average Bonchev–Trinajstić information content (AvgIpc) is 2.51. The van der Waals surface area contributed by atoms with E-state index in [1.54, 1.807) is 14.2 Å². The van der Waals surface area contributed by atoms with Crippen molar-refractivity contribution in [1.82, 2.24) is 5.32 Å². The Morgan fingerprint density at radius 1 is 1.18 bits per heavy atom. The van der Waals surface area contributed by atoms with Gasteiger partial charge in [-0.15, -0.1) is 24.0 Å². The lowest BCUT2D eigenvalue weighted by Crippen LogP contribution is -2.33. The quantitative estimate of drug-likeness (QED) is 0.292. The van der Waals surface area contributed by atoms with Crippen LogP contribution in [0.5, 0.6) is 11.5 Å². The van der Waals surface area contributed by atoms with E-state index in [0.29, 0.717) is 43.8 Å². The number of benzene rings is 1. The first kappa shape index (κ1) is 20.8. The van der Waals surface area contributed by atoms with E-state index in [0.717, 1.165) is 5.69 Å². The zero-order valence-electron chi connectivity index (χ0n) is 13.6. The van der Waals surface area contributed by atoms with Gasteiger partial charge in [0.15, 0.2) is 17.5 Å². The van der Waals surface area contributed by atoms with Crippen LogP contribution >= 0.6 is 24.0 Å². The van der Waals surface area contributed by atoms with E-state index in [2.05, 4.69) is 15.6 Å². The normalized spacial score (nSPS) is 10.6. The van der Waals surface area contributed by atoms with E-state index in [1.165, 1.54) is 0 Å². The zero-order chi connectivity index (χ0) is 15.5. The summed E-state index contributed by atoms with van der Waals surface area (Å²) in [6, 6.07) is 5.66. The second-order valence-corrected chi connectivity index (χ2v) is 4.12. The monoisotopic (exact) mass is 423 g/mol. The first-order valence-electron chi connectivity index (χ1n) is 7.11. The average molecular weight is 423 g/mol. The lowest BCUT2D eigenvalue weighted by Gasteiger charge is -2.14. The van der Waals surface area contributed by atoms with E-state index in [4.69, 9.17) is 14.2 Å². The Morgan fingerprint density at radius 3 is 2.55 bits per heavy atom. The summed E-state index contributed by atoms with van der Waals surface area (Å²) >= 11 is 0. The summed E-state index contributed by atoms with van der Waals surface area (Å²) < 4.78 is 16.1. The third-order valence-corrected chi connectivity index (χ3v) is 2.69. The van der Waals surface area contributed by atoms with Gasteiger partial charge in [-0.3, -0.25) is 4.99 Å². The smallest absolute Gasteiger partial charge is 0.195 e. The van der Waals surface area contributed by atoms with Gasteiger partial charge in [-0.1, -0.05) is 0 Å². The maximum Gasteiger partial charge on any atom is 0.195 e. The molecule has 0 bridgehead atoms. The SMILES string of the molecule is CCOCCNC(=NC)Nc1ccc(OC)c(OCC)c1.I. The highest BCUT2D eigenvalue weighted by Gasteiger charge is 2.06. The molecule has 0 fully saturated rings. The highest BCUT2D eigenvalue weighted by molar-refractivity contribution is 14.0. The minimum Gasteiger partial charge on any atom is -0.493 e. The summed E-state index contributed by atoms with van der Waals surface area (Å²) in [5, 5.41) is 6.38. The number of hydrogen-bond acceptors (Lipinski definition) is 4. The summed E-state index contributed by atoms with van der Waals surface area (Å²) in [5.41, 5.74) is 0.878. The van der Waals surface area contributed by atoms with E-state index in [1.807, 2.05) is 32.0 Å². The van der Waals surface area contributed by atoms with Gasteiger partial charge in [-0.2, -0.15) is 0 Å². The van der Waals surface area contributed by atoms with Gasteiger partial charge >= 0.3 is 0 Å². The highest BCUT2D eigenvalue weighted by atomic mass is 127. The van der Waals surface area contributed by atoms with Gasteiger partial charge < -0.3 is 24.8 Å². The summed E-state index contributed by atoms with van der Waals surface area (Å²) in [4.78, 5) is 4.17. The molecular weight excluding hydrogens is 397 g/mol. The van der Waals surface area contributed by atoms with Crippen molar-refractivity contribution < 1.29 is 14.2 Å². The van der Waals surface area contributed by atoms with Gasteiger partial charge in [0.1, 0.15) is 0 Å². The molecule has 0 atom stereocenters. The van der Waals surface area contributed by atoms with Gasteiger partial charge in [-0.25, -0.2) is 0 Å². The van der Waals surface area contributed by atoms with E-state index >= 15 is 0 Å². The molecule has 0 aliphatic carbocycles. The number of anilines is 1. The molecule has 0 aliphatic rings. The van der Waals surface area contributed by atoms with Crippen molar-refractivity contribution in [3.63, 3.8) is 0 Å². The van der Waals surface area contributed by atoms with Gasteiger partial charge in [0.2, 0.25) is 0 Å². The van der Waals surface area contributed by atoms with Crippen LogP contribution in [0.15, 0.2) is 23.2 Å². The Kier molecular flexibility index (Phi) is 11.7. The van der Waals surface area contributed by atoms with E-state index < -0.39 is 0 Å². The highest BCUT2D eigenvalue weighted by Crippen LogP contribution is 2.30. The first-order chi connectivity index (χ1) is 10.2. The number of hydrogen-bond donors (Lipinski definition) is 2. The number of guanidine groups is 1. The largest absolute Gasteiger partial charge is 0.493 e. The van der Waals surface area contributed by atoms with Crippen LogP contribution in [0.4, 0.5) is 5.69 Å². The number of nitrogens with zero attached hydrogens (tertiary/aromatic N) is 1. The fourth-order valence-corrected chi connectivity index (χ4v) is 1.72. The molecule has 6 nitrogen and oxygen atoms in total. The third kappa shape index (κ3) is 7.17. The van der Waals surface area contributed by atoms with Crippen molar-refractivity contribution in [3.8, 4) is 11.5 Å². The van der Waals surface area contributed by atoms with Crippen LogP contribution in [-0.4, -0.2) is 46.5 Å². The molecule has 1 rings (SSSR count). The molecule has 0 saturated carbocycles. The molecule has 2 N–H and O–H groups in total. The standard InChI is InChI=1S/C15H25N3O3.HI/c1-5-20-10-9-17-15(16-3)18-12-7-8-13(19-4)14(11-12)21-6-2;/h7-8,11H,5-6,9-10H2,1-4H3,(H2,16,17,18);1H. The van der Waals surface area contributed by atoms with Gasteiger partial charge in [-0.05, 0) is 26.0 Å². The van der Waals surface area contributed by atoms with Crippen molar-refractivity contribution in [2.24, 2.45) is 4.99 Å². The van der Waals surface area contributed by atoms with Gasteiger partial charge in [0.05, 0.1) is 20.3 Å². The second kappa shape index (κ2) is 12.3. The van der Waals surface area contributed by atoms with Crippen LogP contribution in [0.3, 0.4) is 0 Å². The number of ether oxygens (including phenoxy) is 3. The molecule has 1 aromatic carbocycles. The second-order valence-electron chi connectivity index (χ2n) is 4.12. The maximum absolute atomic E-state index is 5.55. The predicted molar refractivity (Wildman–Crippen MR) is 101 cm³/mol. The Bertz CT molecular complexity index is 456. The number of nitrogens with one attached hydrogen (secondary N) is 2. The molecule has 1 aromatic rings. The number of rotatable bonds is 8. The molecule has 0 unspecified atom stereocenters. The minimum atomic E-state index is 0. The summed E-state index contributed by atoms with van der Waals surface area (Å²) in [6.45, 7) is 6.55. The Balaban J connectivity index is 0.00000441. The first-order valence-corrected chi connectivity index (χ1v) is 7.11. The number of aliphatic imine (C=N–C) groups is 1. The molecule has 0 radical (unpaired) electrons. The van der Waals surface area contributed by atoms with Crippen molar-refractivity contribution in [2.45, 2.75) is 13.8 Å². The molecule has 126 valence electrons. The van der Waals surface area contributed by atoms with Crippen molar-refractivity contribution >= 4 is 35.6 Å². The number of halogens is 1. The predicted octanol–water partition coefficient (Wildman–Crippen LogP) is 2.74. The van der Waals surface area contributed by atoms with Crippen molar-refractivity contribution in [1.29, 1.82) is 0 Å². The zero-order valence-corrected chi connectivity index (χ0v) is 16.0. The molecule has 0 aromatic heterocycles. The molecule has 0 spiro atoms. The molecular formula is C15H26IN3O3. The lowest BCUT2D eigenvalue weighted by molar-refractivity contribution is 0.152. The lowest BCUT2D eigenvalue weighted by atomic mass is 10.2. The third-order valence-electron chi connectivity index (χ3n) is 2.69. The topological polar surface area (TPSA) is 64.1 Å². The van der Waals surface area contributed by atoms with Gasteiger partial charge in [0, 0.05) is 32.0 Å². The van der Waals surface area contributed by atoms with Crippen molar-refractivity contribution in [3.05, 3.63) is 18.2 Å². The Hall–Kier alpha value is -1.22.